The zero-order valence-electron chi connectivity index (χ0n) is 21.8. The van der Waals surface area contributed by atoms with E-state index in [1.165, 1.54) is 6.07 Å². The van der Waals surface area contributed by atoms with E-state index in [0.29, 0.717) is 42.0 Å². The number of carboxylic acids is 1. The zero-order valence-corrected chi connectivity index (χ0v) is 21.8. The van der Waals surface area contributed by atoms with E-state index in [1.54, 1.807) is 12.5 Å². The van der Waals surface area contributed by atoms with Gasteiger partial charge in [-0.15, -0.1) is 0 Å². The highest BCUT2D eigenvalue weighted by Gasteiger charge is 2.43. The van der Waals surface area contributed by atoms with Crippen LogP contribution >= 0.6 is 0 Å². The maximum atomic E-state index is 12.4. The Hall–Kier alpha value is -4.49. The monoisotopic (exact) mass is 533 g/mol. The number of aliphatic hydroxyl groups is 1. The number of benzene rings is 5. The molecule has 0 bridgehead atoms. The summed E-state index contributed by atoms with van der Waals surface area (Å²) in [6.45, 7) is 0. The number of carbonyl (C=O) groups excluding carboxylic acids is 2. The van der Waals surface area contributed by atoms with E-state index in [1.807, 2.05) is 42.5 Å². The Bertz CT molecular complexity index is 1800. The van der Waals surface area contributed by atoms with Crippen molar-refractivity contribution in [2.75, 3.05) is 0 Å². The molecule has 0 heterocycles. The largest absolute Gasteiger partial charge is 0.478 e. The maximum Gasteiger partial charge on any atom is 0.336 e. The van der Waals surface area contributed by atoms with Crippen LogP contribution in [0.3, 0.4) is 0 Å². The standard InChI is InChI=1S/C33H29N2O5/c36-19-34-33(35-20-37,18-32(40)12-4-1-5-13-32)30-11-10-25(31(38)39)28-17-27-24(16-29(28)30)9-8-23-14-21-6-2-3-7-22(21)15-26(23)27/h2-3,6-11,14-20,40H,1,4-5,12-13H2,(H,34,36)(H,35,37)(H,38,39). The third-order valence-electron chi connectivity index (χ3n) is 8.27. The molecule has 1 saturated carbocycles. The second-order valence-electron chi connectivity index (χ2n) is 10.7. The van der Waals surface area contributed by atoms with Gasteiger partial charge in [0.1, 0.15) is 5.66 Å². The van der Waals surface area contributed by atoms with Crippen LogP contribution in [0.2, 0.25) is 0 Å². The number of amides is 2. The predicted octanol–water partition coefficient (Wildman–Crippen LogP) is 5.54. The lowest BCUT2D eigenvalue weighted by atomic mass is 9.75. The fourth-order valence-corrected chi connectivity index (χ4v) is 6.37. The number of nitrogens with one attached hydrogen (secondary N) is 2. The first-order valence-corrected chi connectivity index (χ1v) is 13.4. The van der Waals surface area contributed by atoms with Gasteiger partial charge in [-0.05, 0) is 86.3 Å². The minimum Gasteiger partial charge on any atom is -0.478 e. The Morgan fingerprint density at radius 2 is 1.32 bits per heavy atom. The fourth-order valence-electron chi connectivity index (χ4n) is 6.37. The van der Waals surface area contributed by atoms with Crippen molar-refractivity contribution >= 4 is 61.9 Å². The Kier molecular flexibility index (Phi) is 6.39. The van der Waals surface area contributed by atoms with E-state index in [2.05, 4.69) is 28.8 Å². The molecule has 0 saturated heterocycles. The molecule has 6 rings (SSSR count). The molecule has 0 spiro atoms. The first kappa shape index (κ1) is 25.8. The lowest BCUT2D eigenvalue weighted by Crippen LogP contribution is -2.58. The Balaban J connectivity index is 1.65. The first-order chi connectivity index (χ1) is 19.4. The summed E-state index contributed by atoms with van der Waals surface area (Å²) in [7, 11) is 0. The van der Waals surface area contributed by atoms with Crippen LogP contribution in [0.5, 0.6) is 0 Å². The van der Waals surface area contributed by atoms with Crippen LogP contribution in [0.25, 0.3) is 43.1 Å². The van der Waals surface area contributed by atoms with Crippen molar-refractivity contribution in [1.29, 1.82) is 0 Å². The van der Waals surface area contributed by atoms with Gasteiger partial charge in [-0.25, -0.2) is 4.79 Å². The van der Waals surface area contributed by atoms with Crippen molar-refractivity contribution in [1.82, 2.24) is 10.6 Å². The summed E-state index contributed by atoms with van der Waals surface area (Å²) in [5.74, 6) is -1.09. The van der Waals surface area contributed by atoms with Crippen LogP contribution in [0.4, 0.5) is 0 Å². The molecule has 0 aromatic heterocycles. The molecule has 2 amide bonds. The van der Waals surface area contributed by atoms with Crippen LogP contribution < -0.4 is 10.6 Å². The molecular formula is C33H29N2O5. The minimum absolute atomic E-state index is 0.0981. The molecular weight excluding hydrogens is 504 g/mol. The van der Waals surface area contributed by atoms with Gasteiger partial charge in [-0.1, -0.05) is 61.7 Å². The van der Waals surface area contributed by atoms with Gasteiger partial charge in [0.2, 0.25) is 12.8 Å². The topological polar surface area (TPSA) is 116 Å². The summed E-state index contributed by atoms with van der Waals surface area (Å²) < 4.78 is 0. The minimum atomic E-state index is -1.56. The summed E-state index contributed by atoms with van der Waals surface area (Å²) in [5.41, 5.74) is -2.23. The summed E-state index contributed by atoms with van der Waals surface area (Å²) in [6.07, 6.45) is 6.16. The summed E-state index contributed by atoms with van der Waals surface area (Å²) in [4.78, 5) is 36.2. The zero-order chi connectivity index (χ0) is 27.9. The normalized spacial score (nSPS) is 15.3. The van der Waals surface area contributed by atoms with E-state index in [9.17, 15) is 24.6 Å². The van der Waals surface area contributed by atoms with Gasteiger partial charge in [0.15, 0.2) is 0 Å². The molecule has 0 atom stereocenters. The van der Waals surface area contributed by atoms with E-state index in [-0.39, 0.29) is 5.56 Å². The van der Waals surface area contributed by atoms with Gasteiger partial charge in [0, 0.05) is 12.0 Å². The number of aromatic carboxylic acids is 1. The highest BCUT2D eigenvalue weighted by molar-refractivity contribution is 6.18. The second kappa shape index (κ2) is 9.92. The van der Waals surface area contributed by atoms with Crippen molar-refractivity contribution in [2.24, 2.45) is 0 Å². The molecule has 5 aromatic rings. The van der Waals surface area contributed by atoms with Crippen LogP contribution in [-0.4, -0.2) is 34.6 Å². The van der Waals surface area contributed by atoms with Crippen LogP contribution in [-0.2, 0) is 15.3 Å². The number of rotatable bonds is 8. The van der Waals surface area contributed by atoms with Crippen LogP contribution in [0.1, 0.15) is 48.0 Å². The van der Waals surface area contributed by atoms with Crippen LogP contribution in [0, 0.1) is 6.42 Å². The number of carbonyl (C=O) groups is 3. The lowest BCUT2D eigenvalue weighted by molar-refractivity contribution is -0.115. The molecule has 4 N–H and O–H groups in total. The third-order valence-corrected chi connectivity index (χ3v) is 8.27. The average Bonchev–Trinajstić information content (AvgIpc) is 2.94. The van der Waals surface area contributed by atoms with Gasteiger partial charge in [-0.2, -0.15) is 0 Å². The summed E-state index contributed by atoms with van der Waals surface area (Å²) >= 11 is 0. The van der Waals surface area contributed by atoms with Crippen molar-refractivity contribution in [3.8, 4) is 0 Å². The molecule has 1 radical (unpaired) electrons. The average molecular weight is 534 g/mol. The number of hydrogen-bond acceptors (Lipinski definition) is 4. The molecule has 0 aliphatic heterocycles. The van der Waals surface area contributed by atoms with E-state index in [0.717, 1.165) is 51.6 Å². The fraction of sp³-hybridized carbons (Fsp3) is 0.212. The molecule has 0 unspecified atom stereocenters. The molecule has 1 aliphatic rings. The Morgan fingerprint density at radius 1 is 0.725 bits per heavy atom. The highest BCUT2D eigenvalue weighted by Crippen LogP contribution is 2.41. The highest BCUT2D eigenvalue weighted by atomic mass is 16.4. The smallest absolute Gasteiger partial charge is 0.336 e. The predicted molar refractivity (Wildman–Crippen MR) is 156 cm³/mol. The van der Waals surface area contributed by atoms with Crippen LogP contribution in [0.15, 0.2) is 72.8 Å². The lowest BCUT2D eigenvalue weighted by Gasteiger charge is -2.42. The van der Waals surface area contributed by atoms with Gasteiger partial charge < -0.3 is 20.8 Å². The van der Waals surface area contributed by atoms with Crippen molar-refractivity contribution in [2.45, 2.75) is 43.4 Å². The molecule has 1 aliphatic carbocycles. The molecule has 7 heteroatoms. The third kappa shape index (κ3) is 4.32. The van der Waals surface area contributed by atoms with Gasteiger partial charge in [-0.3, -0.25) is 9.59 Å². The summed E-state index contributed by atoms with van der Waals surface area (Å²) in [5, 5.41) is 34.0. The molecule has 201 valence electrons. The summed E-state index contributed by atoms with van der Waals surface area (Å²) in [6, 6.07) is 23.2. The molecule has 7 nitrogen and oxygen atoms in total. The quantitative estimate of drug-likeness (QED) is 0.0905. The number of carboxylic acid groups (broad SMARTS) is 1. The first-order valence-electron chi connectivity index (χ1n) is 13.4. The van der Waals surface area contributed by atoms with Gasteiger partial charge in [0.25, 0.3) is 0 Å². The number of fused-ring (bicyclic) bond motifs is 5. The molecule has 40 heavy (non-hydrogen) atoms. The molecule has 1 fully saturated rings. The maximum absolute atomic E-state index is 12.4. The van der Waals surface area contributed by atoms with E-state index < -0.39 is 17.2 Å². The van der Waals surface area contributed by atoms with Crippen molar-refractivity contribution in [3.63, 3.8) is 0 Å². The van der Waals surface area contributed by atoms with Gasteiger partial charge >= 0.3 is 5.97 Å². The second-order valence-corrected chi connectivity index (χ2v) is 10.7. The van der Waals surface area contributed by atoms with Crippen molar-refractivity contribution < 1.29 is 24.6 Å². The Labute approximate surface area is 230 Å². The Morgan fingerprint density at radius 3 is 1.98 bits per heavy atom. The van der Waals surface area contributed by atoms with Gasteiger partial charge in [0.05, 0.1) is 11.2 Å². The SMILES string of the molecule is O=CNC([CH]C1(O)CCCCC1)(NC=O)c1ccc(C(=O)O)c2cc3c(ccc4cc5ccccc5cc43)cc12. The van der Waals surface area contributed by atoms with E-state index in [4.69, 9.17) is 0 Å². The molecule has 5 aromatic carbocycles. The van der Waals surface area contributed by atoms with E-state index >= 15 is 0 Å². The number of hydrogen-bond donors (Lipinski definition) is 4. The van der Waals surface area contributed by atoms with Crippen molar-refractivity contribution in [3.05, 3.63) is 90.3 Å².